The van der Waals surface area contributed by atoms with E-state index in [1.807, 2.05) is 0 Å². The van der Waals surface area contributed by atoms with Crippen molar-refractivity contribution in [3.8, 4) is 5.75 Å². The van der Waals surface area contributed by atoms with Gasteiger partial charge in [-0.25, -0.2) is 0 Å². The fourth-order valence-electron chi connectivity index (χ4n) is 1.69. The molecule has 1 aromatic rings. The zero-order valence-electron chi connectivity index (χ0n) is 9.50. The molecule has 1 atom stereocenters. The minimum absolute atomic E-state index is 0.352. The first kappa shape index (κ1) is 12.7. The Morgan fingerprint density at radius 2 is 2.39 bits per heavy atom. The molecule has 2 rings (SSSR count). The molecule has 1 aliphatic heterocycles. The minimum atomic E-state index is -0.808. The lowest BCUT2D eigenvalue weighted by atomic mass is 10.1. The van der Waals surface area contributed by atoms with Crippen LogP contribution in [0.3, 0.4) is 0 Å². The van der Waals surface area contributed by atoms with Crippen molar-refractivity contribution in [2.45, 2.75) is 6.17 Å². The van der Waals surface area contributed by atoms with Gasteiger partial charge in [-0.05, 0) is 12.1 Å². The van der Waals surface area contributed by atoms with Gasteiger partial charge in [0.25, 0.3) is 5.91 Å². The van der Waals surface area contributed by atoms with Crippen LogP contribution in [0.1, 0.15) is 11.7 Å². The van der Waals surface area contributed by atoms with E-state index < -0.39 is 12.1 Å². The Morgan fingerprint density at radius 3 is 3.11 bits per heavy atom. The fourth-order valence-corrected chi connectivity index (χ4v) is 1.85. The first-order chi connectivity index (χ1) is 8.58. The van der Waals surface area contributed by atoms with Crippen LogP contribution in [-0.4, -0.2) is 24.9 Å². The van der Waals surface area contributed by atoms with E-state index in [9.17, 15) is 4.79 Å². The van der Waals surface area contributed by atoms with Crippen LogP contribution < -0.4 is 21.1 Å². The van der Waals surface area contributed by atoms with Crippen molar-refractivity contribution in [1.82, 2.24) is 10.6 Å². The summed E-state index contributed by atoms with van der Waals surface area (Å²) in [6.45, 7) is 1.06. The molecule has 1 heterocycles. The molecule has 0 bridgehead atoms. The molecule has 6 nitrogen and oxygen atoms in total. The third kappa shape index (κ3) is 2.72. The van der Waals surface area contributed by atoms with E-state index in [-0.39, 0.29) is 5.84 Å². The molecule has 1 unspecified atom stereocenters. The summed E-state index contributed by atoms with van der Waals surface area (Å²) in [7, 11) is 0. The Hall–Kier alpha value is -1.79. The predicted molar refractivity (Wildman–Crippen MR) is 67.7 cm³/mol. The molecule has 7 heteroatoms. The lowest BCUT2D eigenvalue weighted by Crippen LogP contribution is -2.43. The van der Waals surface area contributed by atoms with Gasteiger partial charge < -0.3 is 15.8 Å². The molecule has 1 amide bonds. The van der Waals surface area contributed by atoms with Gasteiger partial charge in [-0.1, -0.05) is 17.7 Å². The third-order valence-corrected chi connectivity index (χ3v) is 2.76. The zero-order chi connectivity index (χ0) is 13.1. The lowest BCUT2D eigenvalue weighted by molar-refractivity contribution is -0.112. The molecular weight excluding hydrogens is 256 g/mol. The van der Waals surface area contributed by atoms with Gasteiger partial charge in [0.2, 0.25) is 0 Å². The van der Waals surface area contributed by atoms with Crippen LogP contribution in [0, 0.1) is 5.41 Å². The van der Waals surface area contributed by atoms with Gasteiger partial charge in [0.15, 0.2) is 5.84 Å². The fraction of sp³-hybridized carbons (Fsp3) is 0.273. The van der Waals surface area contributed by atoms with E-state index in [2.05, 4.69) is 10.6 Å². The van der Waals surface area contributed by atoms with Crippen molar-refractivity contribution >= 4 is 23.3 Å². The predicted octanol–water partition coefficient (Wildman–Crippen LogP) is 0.373. The Morgan fingerprint density at radius 1 is 1.61 bits per heavy atom. The molecule has 96 valence electrons. The zero-order valence-corrected chi connectivity index (χ0v) is 10.3. The molecule has 0 radical (unpaired) electrons. The van der Waals surface area contributed by atoms with E-state index >= 15 is 0 Å². The number of carbonyl (C=O) groups excluding carboxylic acids is 1. The second-order valence-electron chi connectivity index (χ2n) is 3.80. The highest BCUT2D eigenvalue weighted by Gasteiger charge is 2.21. The number of amides is 1. The number of rotatable bonds is 1. The number of ether oxygens (including phenoxy) is 1. The Bertz CT molecular complexity index is 492. The highest BCUT2D eigenvalue weighted by Crippen LogP contribution is 2.28. The minimum Gasteiger partial charge on any atom is -0.492 e. The van der Waals surface area contributed by atoms with Gasteiger partial charge in [0, 0.05) is 17.1 Å². The molecule has 18 heavy (non-hydrogen) atoms. The van der Waals surface area contributed by atoms with Gasteiger partial charge in [0.05, 0.1) is 0 Å². The molecule has 0 aliphatic carbocycles. The largest absolute Gasteiger partial charge is 0.492 e. The molecule has 0 spiro atoms. The number of nitrogens with two attached hydrogens (primary N) is 1. The third-order valence-electron chi connectivity index (χ3n) is 2.53. The van der Waals surface area contributed by atoms with Crippen LogP contribution in [-0.2, 0) is 4.79 Å². The monoisotopic (exact) mass is 268 g/mol. The van der Waals surface area contributed by atoms with Crippen molar-refractivity contribution in [3.63, 3.8) is 0 Å². The standard InChI is InChI=1S/C11H13ClN4O2/c12-6-1-2-7-8(5-6)18-4-3-15-11(7)16-9(13)10(14)17/h1-2,5,11,15H,3-4H2,(H2,13,16)(H2,14,17). The van der Waals surface area contributed by atoms with E-state index in [4.69, 9.17) is 27.5 Å². The van der Waals surface area contributed by atoms with Crippen LogP contribution in [0.5, 0.6) is 5.75 Å². The second-order valence-corrected chi connectivity index (χ2v) is 4.24. The Kier molecular flexibility index (Phi) is 3.69. The summed E-state index contributed by atoms with van der Waals surface area (Å²) in [4.78, 5) is 10.9. The highest BCUT2D eigenvalue weighted by atomic mass is 35.5. The number of amidine groups is 1. The number of hydrogen-bond acceptors (Lipinski definition) is 4. The summed E-state index contributed by atoms with van der Waals surface area (Å²) in [5.41, 5.74) is 5.81. The number of fused-ring (bicyclic) bond motifs is 1. The van der Waals surface area contributed by atoms with Crippen molar-refractivity contribution in [1.29, 1.82) is 5.41 Å². The van der Waals surface area contributed by atoms with Crippen LogP contribution in [0.2, 0.25) is 5.02 Å². The maximum Gasteiger partial charge on any atom is 0.283 e. The molecule has 0 saturated heterocycles. The number of carbonyl (C=O) groups is 1. The van der Waals surface area contributed by atoms with Gasteiger partial charge in [-0.15, -0.1) is 0 Å². The van der Waals surface area contributed by atoms with Gasteiger partial charge in [0.1, 0.15) is 18.5 Å². The number of hydrogen-bond donors (Lipinski definition) is 4. The summed E-state index contributed by atoms with van der Waals surface area (Å²) in [5.74, 6) is -0.532. The van der Waals surface area contributed by atoms with E-state index in [0.717, 1.165) is 5.56 Å². The van der Waals surface area contributed by atoms with E-state index in [1.165, 1.54) is 0 Å². The summed E-state index contributed by atoms with van der Waals surface area (Å²) in [6, 6.07) is 5.20. The maximum absolute atomic E-state index is 10.9. The molecule has 0 fully saturated rings. The molecule has 0 aromatic heterocycles. The maximum atomic E-state index is 10.9. The topological polar surface area (TPSA) is 100 Å². The molecule has 5 N–H and O–H groups in total. The summed E-state index contributed by atoms with van der Waals surface area (Å²) in [5, 5.41) is 13.8. The summed E-state index contributed by atoms with van der Waals surface area (Å²) >= 11 is 5.90. The quantitative estimate of drug-likeness (QED) is 0.437. The first-order valence-corrected chi connectivity index (χ1v) is 5.76. The lowest BCUT2D eigenvalue weighted by Gasteiger charge is -2.19. The summed E-state index contributed by atoms with van der Waals surface area (Å²) < 4.78 is 5.53. The van der Waals surface area contributed by atoms with Gasteiger partial charge in [-0.3, -0.25) is 15.5 Å². The van der Waals surface area contributed by atoms with Gasteiger partial charge >= 0.3 is 0 Å². The van der Waals surface area contributed by atoms with E-state index in [0.29, 0.717) is 23.9 Å². The van der Waals surface area contributed by atoms with Crippen molar-refractivity contribution in [2.24, 2.45) is 5.73 Å². The van der Waals surface area contributed by atoms with Crippen molar-refractivity contribution < 1.29 is 9.53 Å². The summed E-state index contributed by atoms with van der Waals surface area (Å²) in [6.07, 6.45) is -0.403. The SMILES string of the molecule is N=C(NC1NCCOc2cc(Cl)ccc21)C(N)=O. The van der Waals surface area contributed by atoms with Gasteiger partial charge in [-0.2, -0.15) is 0 Å². The Labute approximate surface area is 109 Å². The molecule has 1 aliphatic rings. The van der Waals surface area contributed by atoms with Crippen LogP contribution in [0.15, 0.2) is 18.2 Å². The van der Waals surface area contributed by atoms with Crippen LogP contribution in [0.4, 0.5) is 0 Å². The molecule has 1 aromatic carbocycles. The normalized spacial score (nSPS) is 18.2. The smallest absolute Gasteiger partial charge is 0.283 e. The number of halogens is 1. The average molecular weight is 269 g/mol. The number of benzene rings is 1. The first-order valence-electron chi connectivity index (χ1n) is 5.38. The van der Waals surface area contributed by atoms with Crippen molar-refractivity contribution in [2.75, 3.05) is 13.2 Å². The average Bonchev–Trinajstić information content (AvgIpc) is 2.51. The Balaban J connectivity index is 2.27. The van der Waals surface area contributed by atoms with E-state index in [1.54, 1.807) is 18.2 Å². The van der Waals surface area contributed by atoms with Crippen molar-refractivity contribution in [3.05, 3.63) is 28.8 Å². The van der Waals surface area contributed by atoms with Crippen LogP contribution in [0.25, 0.3) is 0 Å². The number of nitrogens with one attached hydrogen (secondary N) is 3. The van der Waals surface area contributed by atoms with Crippen LogP contribution >= 0.6 is 11.6 Å². The second kappa shape index (κ2) is 5.24. The molecular formula is C11H13ClN4O2. The molecule has 0 saturated carbocycles. The highest BCUT2D eigenvalue weighted by molar-refractivity contribution is 6.35. The number of primary amides is 1.